The third-order valence-electron chi connectivity index (χ3n) is 7.11. The molecule has 5 rings (SSSR count). The van der Waals surface area contributed by atoms with Gasteiger partial charge in [0.15, 0.2) is 5.60 Å². The Morgan fingerprint density at radius 3 is 2.51 bits per heavy atom. The van der Waals surface area contributed by atoms with Crippen LogP contribution in [0.15, 0.2) is 95.9 Å². The lowest BCUT2D eigenvalue weighted by atomic mass is 9.86. The standard InChI is InChI=1S/C30H27ClF2N2O5S/c31-22-13-14-25-24(18-22)29(37,30(32,33)15-16-34-25)19-40-28(36)26(17-20-7-2-1-3-8-20)35-41(38,39)27-12-6-10-21-9-4-5-11-23(21)27/h1-14,18,26,34-35,37H,15-17,19H2/t26?,29-/m0/s1. The van der Waals surface area contributed by atoms with Crippen molar-refractivity contribution >= 4 is 44.1 Å². The molecule has 1 aliphatic heterocycles. The summed E-state index contributed by atoms with van der Waals surface area (Å²) in [6.07, 6.45) is -0.864. The molecule has 0 fully saturated rings. The van der Waals surface area contributed by atoms with Crippen LogP contribution in [0.3, 0.4) is 0 Å². The number of hydrogen-bond acceptors (Lipinski definition) is 6. The maximum atomic E-state index is 15.3. The molecule has 4 aromatic carbocycles. The average Bonchev–Trinajstić information content (AvgIpc) is 3.05. The van der Waals surface area contributed by atoms with E-state index in [4.69, 9.17) is 16.3 Å². The van der Waals surface area contributed by atoms with E-state index in [0.29, 0.717) is 16.3 Å². The van der Waals surface area contributed by atoms with Crippen molar-refractivity contribution in [2.45, 2.75) is 35.3 Å². The van der Waals surface area contributed by atoms with Gasteiger partial charge in [-0.1, -0.05) is 78.3 Å². The molecule has 0 spiro atoms. The number of esters is 1. The minimum atomic E-state index is -4.28. The molecule has 0 bridgehead atoms. The van der Waals surface area contributed by atoms with Crippen molar-refractivity contribution in [1.29, 1.82) is 0 Å². The van der Waals surface area contributed by atoms with E-state index in [1.165, 1.54) is 24.3 Å². The predicted molar refractivity (Wildman–Crippen MR) is 153 cm³/mol. The molecule has 0 radical (unpaired) electrons. The number of sulfonamides is 1. The number of anilines is 1. The van der Waals surface area contributed by atoms with E-state index in [9.17, 15) is 18.3 Å². The number of ether oxygens (including phenoxy) is 1. The first-order valence-corrected chi connectivity index (χ1v) is 14.7. The van der Waals surface area contributed by atoms with Crippen LogP contribution in [0.5, 0.6) is 0 Å². The molecule has 11 heteroatoms. The quantitative estimate of drug-likeness (QED) is 0.238. The van der Waals surface area contributed by atoms with Gasteiger partial charge in [-0.05, 0) is 41.6 Å². The second-order valence-electron chi connectivity index (χ2n) is 9.88. The first-order chi connectivity index (χ1) is 19.5. The summed E-state index contributed by atoms with van der Waals surface area (Å²) >= 11 is 6.06. The van der Waals surface area contributed by atoms with Crippen LogP contribution in [0.25, 0.3) is 10.8 Å². The van der Waals surface area contributed by atoms with Gasteiger partial charge in [0.25, 0.3) is 5.92 Å². The van der Waals surface area contributed by atoms with Crippen molar-refractivity contribution < 1.29 is 31.8 Å². The molecule has 1 aliphatic rings. The molecule has 0 saturated heterocycles. The van der Waals surface area contributed by atoms with Crippen LogP contribution in [0.1, 0.15) is 17.5 Å². The van der Waals surface area contributed by atoms with E-state index in [0.717, 1.165) is 0 Å². The van der Waals surface area contributed by atoms with E-state index in [2.05, 4.69) is 10.0 Å². The molecule has 214 valence electrons. The van der Waals surface area contributed by atoms with Gasteiger partial charge in [-0.3, -0.25) is 4.79 Å². The Kier molecular flexibility index (Phi) is 8.02. The van der Waals surface area contributed by atoms with E-state index >= 15 is 8.78 Å². The molecular weight excluding hydrogens is 574 g/mol. The summed E-state index contributed by atoms with van der Waals surface area (Å²) in [4.78, 5) is 13.4. The summed E-state index contributed by atoms with van der Waals surface area (Å²) in [6.45, 7) is -1.27. The molecule has 0 amide bonds. The third kappa shape index (κ3) is 5.92. The first-order valence-electron chi connectivity index (χ1n) is 12.8. The van der Waals surface area contributed by atoms with Gasteiger partial charge in [0.2, 0.25) is 10.0 Å². The van der Waals surface area contributed by atoms with E-state index in [1.54, 1.807) is 66.7 Å². The van der Waals surface area contributed by atoms with E-state index < -0.39 is 46.6 Å². The van der Waals surface area contributed by atoms with Crippen molar-refractivity contribution in [1.82, 2.24) is 4.72 Å². The molecular formula is C30H27ClF2N2O5S. The summed E-state index contributed by atoms with van der Waals surface area (Å²) in [6, 6.07) is 22.9. The number of benzene rings is 4. The normalized spacial score (nSPS) is 19.0. The van der Waals surface area contributed by atoms with Crippen molar-refractivity contribution in [2.75, 3.05) is 18.5 Å². The van der Waals surface area contributed by atoms with Gasteiger partial charge in [0.1, 0.15) is 12.6 Å². The average molecular weight is 601 g/mol. The molecule has 41 heavy (non-hydrogen) atoms. The van der Waals surface area contributed by atoms with Crippen LogP contribution < -0.4 is 10.0 Å². The summed E-state index contributed by atoms with van der Waals surface area (Å²) in [5.41, 5.74) is -2.31. The Bertz CT molecular complexity index is 1680. The number of aliphatic hydroxyl groups is 1. The van der Waals surface area contributed by atoms with Crippen molar-refractivity contribution in [2.24, 2.45) is 0 Å². The number of carbonyl (C=O) groups excluding carboxylic acids is 1. The van der Waals surface area contributed by atoms with Crippen LogP contribution in [0, 0.1) is 0 Å². The molecule has 2 atom stereocenters. The fourth-order valence-electron chi connectivity index (χ4n) is 4.93. The molecule has 1 unspecified atom stereocenters. The Morgan fingerprint density at radius 1 is 1.02 bits per heavy atom. The Morgan fingerprint density at radius 2 is 1.73 bits per heavy atom. The fourth-order valence-corrected chi connectivity index (χ4v) is 6.52. The molecule has 3 N–H and O–H groups in total. The lowest BCUT2D eigenvalue weighted by Crippen LogP contribution is -2.51. The van der Waals surface area contributed by atoms with Crippen LogP contribution in [0.2, 0.25) is 5.02 Å². The second-order valence-corrected chi connectivity index (χ2v) is 12.0. The second kappa shape index (κ2) is 11.4. The number of halogens is 3. The lowest BCUT2D eigenvalue weighted by molar-refractivity contribution is -0.214. The minimum absolute atomic E-state index is 0.0509. The molecule has 0 aromatic heterocycles. The summed E-state index contributed by atoms with van der Waals surface area (Å²) in [7, 11) is -4.28. The van der Waals surface area contributed by atoms with Crippen molar-refractivity contribution in [3.63, 3.8) is 0 Å². The number of fused-ring (bicyclic) bond motifs is 2. The van der Waals surface area contributed by atoms with Gasteiger partial charge in [-0.15, -0.1) is 0 Å². The first kappa shape index (κ1) is 28.9. The Balaban J connectivity index is 1.46. The largest absolute Gasteiger partial charge is 0.461 e. The van der Waals surface area contributed by atoms with Crippen LogP contribution >= 0.6 is 11.6 Å². The predicted octanol–water partition coefficient (Wildman–Crippen LogP) is 5.26. The summed E-state index contributed by atoms with van der Waals surface area (Å²) in [5, 5.41) is 15.4. The zero-order chi connectivity index (χ0) is 29.3. The maximum absolute atomic E-state index is 15.3. The smallest absolute Gasteiger partial charge is 0.324 e. The minimum Gasteiger partial charge on any atom is -0.461 e. The molecule has 0 saturated carbocycles. The highest BCUT2D eigenvalue weighted by Crippen LogP contribution is 2.46. The van der Waals surface area contributed by atoms with Gasteiger partial charge in [0, 0.05) is 34.6 Å². The summed E-state index contributed by atoms with van der Waals surface area (Å²) in [5.74, 6) is -4.82. The zero-order valence-electron chi connectivity index (χ0n) is 21.7. The highest BCUT2D eigenvalue weighted by molar-refractivity contribution is 7.89. The van der Waals surface area contributed by atoms with E-state index in [1.807, 2.05) is 0 Å². The van der Waals surface area contributed by atoms with Crippen LogP contribution in [-0.4, -0.2) is 44.6 Å². The summed E-state index contributed by atoms with van der Waals surface area (Å²) < 4.78 is 65.5. The van der Waals surface area contributed by atoms with Gasteiger partial charge in [-0.2, -0.15) is 4.72 Å². The van der Waals surface area contributed by atoms with Gasteiger partial charge in [0.05, 0.1) is 4.90 Å². The number of nitrogens with one attached hydrogen (secondary N) is 2. The van der Waals surface area contributed by atoms with Crippen molar-refractivity contribution in [3.8, 4) is 0 Å². The van der Waals surface area contributed by atoms with Crippen molar-refractivity contribution in [3.05, 3.63) is 107 Å². The molecule has 4 aromatic rings. The molecule has 0 aliphatic carbocycles. The maximum Gasteiger partial charge on any atom is 0.324 e. The van der Waals surface area contributed by atoms with E-state index in [-0.39, 0.29) is 34.1 Å². The topological polar surface area (TPSA) is 105 Å². The van der Waals surface area contributed by atoms with Gasteiger partial charge >= 0.3 is 5.97 Å². The SMILES string of the molecule is O=C(OC[C@]1(O)c2cc(Cl)ccc2NCCC1(F)F)C(Cc1ccccc1)NS(=O)(=O)c1cccc2ccccc12. The molecule has 1 heterocycles. The molecule has 7 nitrogen and oxygen atoms in total. The highest BCUT2D eigenvalue weighted by atomic mass is 35.5. The lowest BCUT2D eigenvalue weighted by Gasteiger charge is -2.35. The monoisotopic (exact) mass is 600 g/mol. The number of carbonyl (C=O) groups is 1. The van der Waals surface area contributed by atoms with Crippen LogP contribution in [0.4, 0.5) is 14.5 Å². The van der Waals surface area contributed by atoms with Gasteiger partial charge in [-0.25, -0.2) is 17.2 Å². The van der Waals surface area contributed by atoms with Crippen LogP contribution in [-0.2, 0) is 31.6 Å². The number of rotatable bonds is 8. The zero-order valence-corrected chi connectivity index (χ0v) is 23.3. The fraction of sp³-hybridized carbons (Fsp3) is 0.233. The van der Waals surface area contributed by atoms with Gasteiger partial charge < -0.3 is 15.2 Å². The third-order valence-corrected chi connectivity index (χ3v) is 8.88. The Labute approximate surface area is 241 Å². The number of hydrogen-bond donors (Lipinski definition) is 3. The highest BCUT2D eigenvalue weighted by Gasteiger charge is 2.56. The Hall–Kier alpha value is -3.57. The number of alkyl halides is 2.